The quantitative estimate of drug-likeness (QED) is 0.281. The molecule has 0 unspecified atom stereocenters. The molecule has 0 spiro atoms. The normalized spacial score (nSPS) is 9.50. The Morgan fingerprint density at radius 3 is 1.75 bits per heavy atom. The van der Waals surface area contributed by atoms with Crippen molar-refractivity contribution in [3.63, 3.8) is 0 Å². The van der Waals surface area contributed by atoms with E-state index in [0.717, 1.165) is 6.54 Å². The zero-order chi connectivity index (χ0) is 9.82. The Morgan fingerprint density at radius 2 is 1.58 bits per heavy atom. The second-order valence-electron chi connectivity index (χ2n) is 2.13. The lowest BCUT2D eigenvalue weighted by molar-refractivity contribution is 0.0650. The van der Waals surface area contributed by atoms with Gasteiger partial charge in [-0.05, 0) is 0 Å². The molecule has 0 rings (SSSR count). The van der Waals surface area contributed by atoms with Crippen LogP contribution in [0.1, 0.15) is 6.92 Å². The van der Waals surface area contributed by atoms with Gasteiger partial charge in [0.1, 0.15) is 0 Å². The van der Waals surface area contributed by atoms with Gasteiger partial charge in [-0.25, -0.2) is 0 Å². The Kier molecular flexibility index (Phi) is 16.0. The van der Waals surface area contributed by atoms with Gasteiger partial charge in [0.25, 0.3) is 0 Å². The van der Waals surface area contributed by atoms with Crippen LogP contribution in [0.2, 0.25) is 0 Å². The van der Waals surface area contributed by atoms with E-state index < -0.39 is 0 Å². The standard InChI is InChI=1S/C4H10O3.C3H10N2/c5-1-3-7-4-2-6;1-3-5(2)4/h5-6H,1-4H2;3-4H2,1-2H3. The molecule has 0 saturated heterocycles. The van der Waals surface area contributed by atoms with Crippen LogP contribution in [-0.4, -0.2) is 55.2 Å². The number of aliphatic hydroxyl groups excluding tert-OH is 2. The van der Waals surface area contributed by atoms with Crippen LogP contribution >= 0.6 is 0 Å². The number of hydrogen-bond acceptors (Lipinski definition) is 5. The zero-order valence-corrected chi connectivity index (χ0v) is 7.86. The molecule has 0 amide bonds. The van der Waals surface area contributed by atoms with Crippen molar-refractivity contribution >= 4 is 0 Å². The SMILES string of the molecule is CCN(C)N.OCCOCCO. The summed E-state index contributed by atoms with van der Waals surface area (Å²) in [5, 5.41) is 17.8. The zero-order valence-electron chi connectivity index (χ0n) is 7.86. The Bertz CT molecular complexity index is 67.7. The number of ether oxygens (including phenoxy) is 1. The van der Waals surface area contributed by atoms with E-state index in [-0.39, 0.29) is 13.2 Å². The van der Waals surface area contributed by atoms with E-state index in [1.165, 1.54) is 0 Å². The van der Waals surface area contributed by atoms with E-state index in [2.05, 4.69) is 4.74 Å². The van der Waals surface area contributed by atoms with Gasteiger partial charge in [-0.2, -0.15) is 0 Å². The fourth-order valence-electron chi connectivity index (χ4n) is 0.231. The van der Waals surface area contributed by atoms with Gasteiger partial charge in [-0.1, -0.05) is 6.92 Å². The fourth-order valence-corrected chi connectivity index (χ4v) is 0.231. The predicted octanol–water partition coefficient (Wildman–Crippen LogP) is -1.20. The predicted molar refractivity (Wildman–Crippen MR) is 47.5 cm³/mol. The summed E-state index contributed by atoms with van der Waals surface area (Å²) < 4.78 is 4.63. The number of nitrogens with zero attached hydrogens (tertiary/aromatic N) is 1. The van der Waals surface area contributed by atoms with E-state index in [1.54, 1.807) is 5.01 Å². The highest BCUT2D eigenvalue weighted by molar-refractivity contribution is 4.24. The average Bonchev–Trinajstić information content (AvgIpc) is 2.07. The first-order valence-corrected chi connectivity index (χ1v) is 3.94. The summed E-state index contributed by atoms with van der Waals surface area (Å²) in [4.78, 5) is 0. The van der Waals surface area contributed by atoms with Crippen LogP contribution in [0, 0.1) is 0 Å². The molecular formula is C7H20N2O3. The summed E-state index contributed by atoms with van der Waals surface area (Å²) in [6.45, 7) is 3.61. The Hall–Kier alpha value is -0.200. The summed E-state index contributed by atoms with van der Waals surface area (Å²) in [6.07, 6.45) is 0. The highest BCUT2D eigenvalue weighted by atomic mass is 16.5. The summed E-state index contributed by atoms with van der Waals surface area (Å²) in [5.74, 6) is 5.12. The lowest BCUT2D eigenvalue weighted by atomic mass is 10.7. The van der Waals surface area contributed by atoms with E-state index in [4.69, 9.17) is 16.1 Å². The first-order valence-electron chi connectivity index (χ1n) is 3.94. The summed E-state index contributed by atoms with van der Waals surface area (Å²) in [5.41, 5.74) is 0. The van der Waals surface area contributed by atoms with Crippen molar-refractivity contribution in [1.82, 2.24) is 5.01 Å². The molecule has 76 valence electrons. The Balaban J connectivity index is 0. The molecule has 0 bridgehead atoms. The van der Waals surface area contributed by atoms with E-state index in [0.29, 0.717) is 13.2 Å². The highest BCUT2D eigenvalue weighted by Gasteiger charge is 1.79. The molecule has 0 heterocycles. The molecule has 0 radical (unpaired) electrons. The van der Waals surface area contributed by atoms with Crippen molar-refractivity contribution in [2.24, 2.45) is 5.84 Å². The topological polar surface area (TPSA) is 79.0 Å². The molecule has 0 fully saturated rings. The first-order chi connectivity index (χ1) is 5.68. The monoisotopic (exact) mass is 180 g/mol. The molecule has 0 atom stereocenters. The largest absolute Gasteiger partial charge is 0.394 e. The Labute approximate surface area is 73.7 Å². The van der Waals surface area contributed by atoms with Crippen LogP contribution in [0.25, 0.3) is 0 Å². The number of rotatable bonds is 5. The maximum Gasteiger partial charge on any atom is 0.0698 e. The summed E-state index contributed by atoms with van der Waals surface area (Å²) in [7, 11) is 1.83. The first kappa shape index (κ1) is 14.3. The van der Waals surface area contributed by atoms with Crippen LogP contribution < -0.4 is 5.84 Å². The van der Waals surface area contributed by atoms with Crippen LogP contribution in [0.3, 0.4) is 0 Å². The molecule has 4 N–H and O–H groups in total. The maximum absolute atomic E-state index is 8.09. The third-order valence-electron chi connectivity index (χ3n) is 0.970. The molecule has 0 aromatic carbocycles. The minimum Gasteiger partial charge on any atom is -0.394 e. The lowest BCUT2D eigenvalue weighted by Crippen LogP contribution is -2.24. The highest BCUT2D eigenvalue weighted by Crippen LogP contribution is 1.68. The molecule has 5 heteroatoms. The fraction of sp³-hybridized carbons (Fsp3) is 1.00. The van der Waals surface area contributed by atoms with Crippen LogP contribution in [0.5, 0.6) is 0 Å². The number of hydrogen-bond donors (Lipinski definition) is 3. The number of aliphatic hydroxyl groups is 2. The van der Waals surface area contributed by atoms with Gasteiger partial charge in [0.15, 0.2) is 0 Å². The molecule has 0 saturated carbocycles. The molecule has 0 aliphatic carbocycles. The Morgan fingerprint density at radius 1 is 1.25 bits per heavy atom. The van der Waals surface area contributed by atoms with Crippen molar-refractivity contribution in [3.8, 4) is 0 Å². The molecule has 0 aliphatic rings. The van der Waals surface area contributed by atoms with E-state index >= 15 is 0 Å². The average molecular weight is 180 g/mol. The van der Waals surface area contributed by atoms with Gasteiger partial charge in [-0.3, -0.25) is 10.9 Å². The third-order valence-corrected chi connectivity index (χ3v) is 0.970. The van der Waals surface area contributed by atoms with E-state index in [9.17, 15) is 0 Å². The van der Waals surface area contributed by atoms with Crippen molar-refractivity contribution < 1.29 is 14.9 Å². The molecular weight excluding hydrogens is 160 g/mol. The summed E-state index contributed by atoms with van der Waals surface area (Å²) >= 11 is 0. The minimum atomic E-state index is 0.0278. The van der Waals surface area contributed by atoms with Crippen molar-refractivity contribution in [3.05, 3.63) is 0 Å². The van der Waals surface area contributed by atoms with Gasteiger partial charge in [-0.15, -0.1) is 0 Å². The molecule has 0 aliphatic heterocycles. The molecule has 0 aromatic heterocycles. The number of nitrogens with two attached hydrogens (primary N) is 1. The second kappa shape index (κ2) is 13.4. The van der Waals surface area contributed by atoms with Crippen LogP contribution in [-0.2, 0) is 4.74 Å². The van der Waals surface area contributed by atoms with Crippen LogP contribution in [0.15, 0.2) is 0 Å². The van der Waals surface area contributed by atoms with E-state index in [1.807, 2.05) is 14.0 Å². The molecule has 12 heavy (non-hydrogen) atoms. The van der Waals surface area contributed by atoms with Gasteiger partial charge < -0.3 is 14.9 Å². The lowest BCUT2D eigenvalue weighted by Gasteiger charge is -2.00. The van der Waals surface area contributed by atoms with Gasteiger partial charge in [0.05, 0.1) is 26.4 Å². The van der Waals surface area contributed by atoms with Gasteiger partial charge in [0, 0.05) is 13.6 Å². The molecule has 5 nitrogen and oxygen atoms in total. The van der Waals surface area contributed by atoms with Crippen molar-refractivity contribution in [2.75, 3.05) is 40.0 Å². The third kappa shape index (κ3) is 22.6. The number of hydrazine groups is 1. The van der Waals surface area contributed by atoms with Gasteiger partial charge in [0.2, 0.25) is 0 Å². The smallest absolute Gasteiger partial charge is 0.0698 e. The van der Waals surface area contributed by atoms with Crippen molar-refractivity contribution in [2.45, 2.75) is 6.92 Å². The van der Waals surface area contributed by atoms with Gasteiger partial charge >= 0.3 is 0 Å². The maximum atomic E-state index is 8.09. The molecule has 0 aromatic rings. The summed E-state index contributed by atoms with van der Waals surface area (Å²) in [6, 6.07) is 0. The second-order valence-corrected chi connectivity index (χ2v) is 2.13. The van der Waals surface area contributed by atoms with Crippen molar-refractivity contribution in [1.29, 1.82) is 0 Å². The van der Waals surface area contributed by atoms with Crippen LogP contribution in [0.4, 0.5) is 0 Å². The minimum absolute atomic E-state index is 0.0278.